The van der Waals surface area contributed by atoms with Crippen molar-refractivity contribution in [2.24, 2.45) is 0 Å². The van der Waals surface area contributed by atoms with E-state index in [1.165, 1.54) is 24.5 Å². The van der Waals surface area contributed by atoms with E-state index in [0.717, 1.165) is 0 Å². The lowest BCUT2D eigenvalue weighted by molar-refractivity contribution is 0.182. The predicted molar refractivity (Wildman–Crippen MR) is 112 cm³/mol. The first-order valence-corrected chi connectivity index (χ1v) is 10.0. The molecule has 8 heteroatoms. The summed E-state index contributed by atoms with van der Waals surface area (Å²) < 4.78 is 20.5. The number of urea groups is 1. The highest BCUT2D eigenvalue weighted by Gasteiger charge is 2.25. The molecule has 0 bridgehead atoms. The average Bonchev–Trinajstić information content (AvgIpc) is 2.75. The van der Waals surface area contributed by atoms with Crippen molar-refractivity contribution in [1.29, 1.82) is 0 Å². The van der Waals surface area contributed by atoms with E-state index in [1.54, 1.807) is 15.5 Å². The zero-order valence-corrected chi connectivity index (χ0v) is 16.7. The summed E-state index contributed by atoms with van der Waals surface area (Å²) in [5.41, 5.74) is 0.795. The minimum Gasteiger partial charge on any atom is -0.492 e. The number of fused-ring (bicyclic) bond motifs is 1. The topological polar surface area (TPSA) is 76.5 Å². The fourth-order valence-electron chi connectivity index (χ4n) is 3.76. The van der Waals surface area contributed by atoms with Crippen LogP contribution >= 0.6 is 0 Å². The molecule has 1 aromatic heterocycles. The molecule has 1 saturated heterocycles. The maximum atomic E-state index is 13.4. The van der Waals surface area contributed by atoms with Crippen LogP contribution in [0.5, 0.6) is 5.75 Å². The van der Waals surface area contributed by atoms with Gasteiger partial charge in [0.25, 0.3) is 5.56 Å². The summed E-state index contributed by atoms with van der Waals surface area (Å²) in [4.78, 5) is 31.4. The van der Waals surface area contributed by atoms with Crippen molar-refractivity contribution < 1.29 is 13.9 Å². The lowest BCUT2D eigenvalue weighted by Gasteiger charge is -2.33. The number of halogens is 1. The molecular weight excluding hydrogens is 387 g/mol. The van der Waals surface area contributed by atoms with Crippen molar-refractivity contribution >= 4 is 22.6 Å². The standard InChI is InChI=1S/C22H23FN4O3/c1-2-30-20-6-4-3-5-18(20)25-22(29)26-11-9-16(10-12-26)27-14-24-19-13-15(23)7-8-17(19)21(27)28/h3-8,13-14,16H,2,9-12H2,1H3,(H,25,29). The largest absolute Gasteiger partial charge is 0.492 e. The number of amides is 2. The van der Waals surface area contributed by atoms with E-state index in [1.807, 2.05) is 25.1 Å². The summed E-state index contributed by atoms with van der Waals surface area (Å²) in [6, 6.07) is 11.1. The summed E-state index contributed by atoms with van der Waals surface area (Å²) in [5, 5.41) is 3.30. The van der Waals surface area contributed by atoms with Crippen molar-refractivity contribution in [3.8, 4) is 5.75 Å². The van der Waals surface area contributed by atoms with E-state index in [0.29, 0.717) is 54.9 Å². The number of carbonyl (C=O) groups excluding carboxylic acids is 1. The van der Waals surface area contributed by atoms with Crippen molar-refractivity contribution in [3.05, 3.63) is 65.0 Å². The van der Waals surface area contributed by atoms with Gasteiger partial charge < -0.3 is 15.0 Å². The van der Waals surface area contributed by atoms with Crippen LogP contribution in [0.1, 0.15) is 25.8 Å². The maximum Gasteiger partial charge on any atom is 0.321 e. The molecule has 7 nitrogen and oxygen atoms in total. The Morgan fingerprint density at radius 2 is 2.00 bits per heavy atom. The monoisotopic (exact) mass is 410 g/mol. The fraction of sp³-hybridized carbons (Fsp3) is 0.318. The molecule has 2 heterocycles. The number of nitrogens with one attached hydrogen (secondary N) is 1. The molecular formula is C22H23FN4O3. The number of likely N-dealkylation sites (tertiary alicyclic amines) is 1. The smallest absolute Gasteiger partial charge is 0.321 e. The number of carbonyl (C=O) groups is 1. The average molecular weight is 410 g/mol. The normalized spacial score (nSPS) is 14.7. The van der Waals surface area contributed by atoms with Gasteiger partial charge in [-0.05, 0) is 44.0 Å². The summed E-state index contributed by atoms with van der Waals surface area (Å²) in [5.74, 6) is 0.214. The van der Waals surface area contributed by atoms with Crippen molar-refractivity contribution in [2.45, 2.75) is 25.8 Å². The summed E-state index contributed by atoms with van der Waals surface area (Å²) in [6.07, 6.45) is 2.74. The highest BCUT2D eigenvalue weighted by molar-refractivity contribution is 5.91. The third-order valence-corrected chi connectivity index (χ3v) is 5.32. The van der Waals surface area contributed by atoms with Gasteiger partial charge >= 0.3 is 6.03 Å². The molecule has 4 rings (SSSR count). The number of ether oxygens (including phenoxy) is 1. The van der Waals surface area contributed by atoms with Crippen LogP contribution in [-0.4, -0.2) is 40.2 Å². The minimum absolute atomic E-state index is 0.0563. The number of hydrogen-bond acceptors (Lipinski definition) is 4. The lowest BCUT2D eigenvalue weighted by Crippen LogP contribution is -2.42. The van der Waals surface area contributed by atoms with Crippen LogP contribution in [0.3, 0.4) is 0 Å². The molecule has 0 saturated carbocycles. The number of rotatable bonds is 4. The zero-order valence-electron chi connectivity index (χ0n) is 16.7. The Labute approximate surface area is 173 Å². The number of benzene rings is 2. The second-order valence-corrected chi connectivity index (χ2v) is 7.20. The molecule has 1 N–H and O–H groups in total. The first-order chi connectivity index (χ1) is 14.6. The van der Waals surface area contributed by atoms with Crippen molar-refractivity contribution in [2.75, 3.05) is 25.0 Å². The first kappa shape index (κ1) is 19.9. The molecule has 0 spiro atoms. The van der Waals surface area contributed by atoms with Gasteiger partial charge in [-0.3, -0.25) is 9.36 Å². The number of anilines is 1. The minimum atomic E-state index is -0.419. The molecule has 0 atom stereocenters. The van der Waals surface area contributed by atoms with E-state index < -0.39 is 5.82 Å². The summed E-state index contributed by atoms with van der Waals surface area (Å²) in [6.45, 7) is 3.44. The van der Waals surface area contributed by atoms with Crippen LogP contribution in [0.15, 0.2) is 53.6 Å². The second kappa shape index (κ2) is 8.52. The molecule has 1 aliphatic heterocycles. The van der Waals surface area contributed by atoms with E-state index in [4.69, 9.17) is 4.74 Å². The highest BCUT2D eigenvalue weighted by Crippen LogP contribution is 2.26. The Kier molecular flexibility index (Phi) is 5.65. The molecule has 0 unspecified atom stereocenters. The predicted octanol–water partition coefficient (Wildman–Crippen LogP) is 3.80. The number of aromatic nitrogens is 2. The van der Waals surface area contributed by atoms with Gasteiger partial charge in [0.15, 0.2) is 0 Å². The Balaban J connectivity index is 1.43. The Hall–Kier alpha value is -3.42. The zero-order chi connectivity index (χ0) is 21.1. The fourth-order valence-corrected chi connectivity index (χ4v) is 3.76. The Morgan fingerprint density at radius 3 is 2.77 bits per heavy atom. The van der Waals surface area contributed by atoms with E-state index in [-0.39, 0.29) is 17.6 Å². The van der Waals surface area contributed by atoms with Crippen molar-refractivity contribution in [3.63, 3.8) is 0 Å². The molecule has 2 aromatic carbocycles. The molecule has 0 aliphatic carbocycles. The van der Waals surface area contributed by atoms with Gasteiger partial charge in [-0.1, -0.05) is 12.1 Å². The van der Waals surface area contributed by atoms with Crippen LogP contribution in [0.25, 0.3) is 10.9 Å². The quantitative estimate of drug-likeness (QED) is 0.710. The first-order valence-electron chi connectivity index (χ1n) is 10.0. The van der Waals surface area contributed by atoms with Crippen LogP contribution in [0, 0.1) is 5.82 Å². The molecule has 3 aromatic rings. The van der Waals surface area contributed by atoms with Crippen LogP contribution in [-0.2, 0) is 0 Å². The van der Waals surface area contributed by atoms with E-state index in [9.17, 15) is 14.0 Å². The van der Waals surface area contributed by atoms with Gasteiger partial charge in [0, 0.05) is 25.2 Å². The molecule has 0 radical (unpaired) electrons. The molecule has 1 aliphatic rings. The van der Waals surface area contributed by atoms with Gasteiger partial charge in [-0.2, -0.15) is 0 Å². The van der Waals surface area contributed by atoms with Crippen LogP contribution < -0.4 is 15.6 Å². The van der Waals surface area contributed by atoms with Gasteiger partial charge in [-0.15, -0.1) is 0 Å². The van der Waals surface area contributed by atoms with Gasteiger partial charge in [0.05, 0.1) is 29.5 Å². The van der Waals surface area contributed by atoms with Crippen LogP contribution in [0.4, 0.5) is 14.9 Å². The lowest BCUT2D eigenvalue weighted by atomic mass is 10.0. The number of para-hydroxylation sites is 2. The second-order valence-electron chi connectivity index (χ2n) is 7.20. The summed E-state index contributed by atoms with van der Waals surface area (Å²) in [7, 11) is 0. The Morgan fingerprint density at radius 1 is 1.23 bits per heavy atom. The Bertz CT molecular complexity index is 1120. The maximum absolute atomic E-state index is 13.4. The number of piperidine rings is 1. The molecule has 156 valence electrons. The van der Waals surface area contributed by atoms with E-state index in [2.05, 4.69) is 10.3 Å². The molecule has 30 heavy (non-hydrogen) atoms. The van der Waals surface area contributed by atoms with E-state index >= 15 is 0 Å². The van der Waals surface area contributed by atoms with Crippen molar-refractivity contribution in [1.82, 2.24) is 14.5 Å². The highest BCUT2D eigenvalue weighted by atomic mass is 19.1. The third-order valence-electron chi connectivity index (χ3n) is 5.32. The SMILES string of the molecule is CCOc1ccccc1NC(=O)N1CCC(n2cnc3cc(F)ccc3c2=O)CC1. The molecule has 2 amide bonds. The number of nitrogens with zero attached hydrogens (tertiary/aromatic N) is 3. The van der Waals surface area contributed by atoms with Crippen LogP contribution in [0.2, 0.25) is 0 Å². The third kappa shape index (κ3) is 3.98. The van der Waals surface area contributed by atoms with Gasteiger partial charge in [-0.25, -0.2) is 14.2 Å². The van der Waals surface area contributed by atoms with Gasteiger partial charge in [0.2, 0.25) is 0 Å². The summed E-state index contributed by atoms with van der Waals surface area (Å²) >= 11 is 0. The van der Waals surface area contributed by atoms with Gasteiger partial charge in [0.1, 0.15) is 11.6 Å². The molecule has 1 fully saturated rings. The number of hydrogen-bond donors (Lipinski definition) is 1.